The fraction of sp³-hybridized carbons (Fsp3) is 0.300. The molecule has 0 aliphatic carbocycles. The number of sulfonamides is 1. The SMILES string of the molecule is Nc1ccc(S(=O)(=O)N2CCNC(=O)C2)cc1Br. The average Bonchev–Trinajstić information content (AvgIpc) is 2.32. The first-order valence-electron chi connectivity index (χ1n) is 5.23. The number of hydrogen-bond acceptors (Lipinski definition) is 4. The van der Waals surface area contributed by atoms with E-state index in [0.717, 1.165) is 4.31 Å². The number of hydrogen-bond donors (Lipinski definition) is 2. The van der Waals surface area contributed by atoms with Crippen LogP contribution in [0.25, 0.3) is 0 Å². The van der Waals surface area contributed by atoms with Gasteiger partial charge < -0.3 is 11.1 Å². The molecule has 18 heavy (non-hydrogen) atoms. The first-order valence-corrected chi connectivity index (χ1v) is 7.46. The Balaban J connectivity index is 2.35. The number of piperazine rings is 1. The number of nitrogens with zero attached hydrogens (tertiary/aromatic N) is 1. The summed E-state index contributed by atoms with van der Waals surface area (Å²) < 4.78 is 26.2. The third-order valence-electron chi connectivity index (χ3n) is 2.61. The van der Waals surface area contributed by atoms with Gasteiger partial charge in [-0.1, -0.05) is 0 Å². The van der Waals surface area contributed by atoms with Crippen LogP contribution < -0.4 is 11.1 Å². The van der Waals surface area contributed by atoms with Gasteiger partial charge in [0, 0.05) is 23.2 Å². The molecule has 0 atom stereocenters. The highest BCUT2D eigenvalue weighted by atomic mass is 79.9. The van der Waals surface area contributed by atoms with Crippen molar-refractivity contribution in [3.63, 3.8) is 0 Å². The van der Waals surface area contributed by atoms with Crippen molar-refractivity contribution in [2.24, 2.45) is 0 Å². The molecular formula is C10H12BrN3O3S. The van der Waals surface area contributed by atoms with Crippen LogP contribution in [0.5, 0.6) is 0 Å². The quantitative estimate of drug-likeness (QED) is 0.753. The van der Waals surface area contributed by atoms with Gasteiger partial charge in [0.15, 0.2) is 0 Å². The summed E-state index contributed by atoms with van der Waals surface area (Å²) >= 11 is 3.19. The summed E-state index contributed by atoms with van der Waals surface area (Å²) in [4.78, 5) is 11.3. The molecule has 2 rings (SSSR count). The molecule has 6 nitrogen and oxygen atoms in total. The van der Waals surface area contributed by atoms with E-state index in [1.54, 1.807) is 0 Å². The number of benzene rings is 1. The lowest BCUT2D eigenvalue weighted by molar-refractivity contribution is -0.122. The van der Waals surface area contributed by atoms with Crippen molar-refractivity contribution < 1.29 is 13.2 Å². The molecule has 1 aliphatic rings. The lowest BCUT2D eigenvalue weighted by atomic mass is 10.3. The zero-order chi connectivity index (χ0) is 13.3. The van der Waals surface area contributed by atoms with Crippen LogP contribution in [0.2, 0.25) is 0 Å². The first-order chi connectivity index (χ1) is 8.41. The van der Waals surface area contributed by atoms with Gasteiger partial charge in [-0.05, 0) is 34.1 Å². The van der Waals surface area contributed by atoms with E-state index < -0.39 is 10.0 Å². The Labute approximate surface area is 113 Å². The molecule has 1 aliphatic heterocycles. The second-order valence-corrected chi connectivity index (χ2v) is 6.66. The van der Waals surface area contributed by atoms with E-state index in [4.69, 9.17) is 5.73 Å². The van der Waals surface area contributed by atoms with Crippen molar-refractivity contribution in [1.29, 1.82) is 0 Å². The number of nitrogens with one attached hydrogen (secondary N) is 1. The van der Waals surface area contributed by atoms with Crippen LogP contribution >= 0.6 is 15.9 Å². The minimum absolute atomic E-state index is 0.123. The third-order valence-corrected chi connectivity index (χ3v) is 5.14. The number of anilines is 1. The van der Waals surface area contributed by atoms with Gasteiger partial charge in [-0.25, -0.2) is 8.42 Å². The second-order valence-electron chi connectivity index (χ2n) is 3.87. The van der Waals surface area contributed by atoms with Crippen LogP contribution in [-0.4, -0.2) is 38.3 Å². The van der Waals surface area contributed by atoms with Crippen LogP contribution in [0.15, 0.2) is 27.6 Å². The van der Waals surface area contributed by atoms with Crippen molar-refractivity contribution in [3.8, 4) is 0 Å². The molecule has 0 radical (unpaired) electrons. The number of nitrogens with two attached hydrogens (primary N) is 1. The van der Waals surface area contributed by atoms with Crippen LogP contribution in [0.4, 0.5) is 5.69 Å². The van der Waals surface area contributed by atoms with Gasteiger partial charge in [0.05, 0.1) is 11.4 Å². The van der Waals surface area contributed by atoms with Crippen LogP contribution in [-0.2, 0) is 14.8 Å². The van der Waals surface area contributed by atoms with Crippen LogP contribution in [0.3, 0.4) is 0 Å². The number of amides is 1. The van der Waals surface area contributed by atoms with E-state index in [1.165, 1.54) is 18.2 Å². The minimum Gasteiger partial charge on any atom is -0.398 e. The fourth-order valence-electron chi connectivity index (χ4n) is 1.64. The first kappa shape index (κ1) is 13.3. The molecule has 1 heterocycles. The molecule has 8 heteroatoms. The highest BCUT2D eigenvalue weighted by Crippen LogP contribution is 2.25. The molecule has 1 fully saturated rings. The molecule has 3 N–H and O–H groups in total. The van der Waals surface area contributed by atoms with Crippen molar-refractivity contribution in [1.82, 2.24) is 9.62 Å². The molecular weight excluding hydrogens is 322 g/mol. The molecule has 0 bridgehead atoms. The summed E-state index contributed by atoms with van der Waals surface area (Å²) in [6.45, 7) is 0.453. The van der Waals surface area contributed by atoms with E-state index in [2.05, 4.69) is 21.2 Å². The Morgan fingerprint density at radius 1 is 1.39 bits per heavy atom. The molecule has 0 unspecified atom stereocenters. The molecule has 0 spiro atoms. The summed E-state index contributed by atoms with van der Waals surface area (Å²) in [5.74, 6) is -0.292. The summed E-state index contributed by atoms with van der Waals surface area (Å²) in [5.41, 5.74) is 6.08. The van der Waals surface area contributed by atoms with Gasteiger partial charge in [0.2, 0.25) is 15.9 Å². The summed E-state index contributed by atoms with van der Waals surface area (Å²) in [6.07, 6.45) is 0. The van der Waals surface area contributed by atoms with E-state index in [-0.39, 0.29) is 23.9 Å². The Bertz CT molecular complexity index is 588. The Hall–Kier alpha value is -1.12. The highest BCUT2D eigenvalue weighted by molar-refractivity contribution is 9.10. The highest BCUT2D eigenvalue weighted by Gasteiger charge is 2.29. The number of carbonyl (C=O) groups is 1. The van der Waals surface area contributed by atoms with Crippen molar-refractivity contribution in [2.75, 3.05) is 25.4 Å². The number of halogens is 1. The predicted octanol–water partition coefficient (Wildman–Crippen LogP) is 0.152. The van der Waals surface area contributed by atoms with Crippen LogP contribution in [0.1, 0.15) is 0 Å². The van der Waals surface area contributed by atoms with E-state index in [9.17, 15) is 13.2 Å². The van der Waals surface area contributed by atoms with Gasteiger partial charge in [-0.3, -0.25) is 4.79 Å². The van der Waals surface area contributed by atoms with Crippen molar-refractivity contribution in [2.45, 2.75) is 4.90 Å². The standard InChI is InChI=1S/C10H12BrN3O3S/c11-8-5-7(1-2-9(8)12)18(16,17)14-4-3-13-10(15)6-14/h1-2,5H,3-4,6,12H2,(H,13,15). The maximum absolute atomic E-state index is 12.3. The average molecular weight is 334 g/mol. The lowest BCUT2D eigenvalue weighted by Gasteiger charge is -2.26. The number of rotatable bonds is 2. The summed E-state index contributed by atoms with van der Waals surface area (Å²) in [6, 6.07) is 4.39. The zero-order valence-corrected chi connectivity index (χ0v) is 11.8. The van der Waals surface area contributed by atoms with Crippen molar-refractivity contribution in [3.05, 3.63) is 22.7 Å². The van der Waals surface area contributed by atoms with Gasteiger partial charge >= 0.3 is 0 Å². The normalized spacial score (nSPS) is 17.5. The fourth-order valence-corrected chi connectivity index (χ4v) is 3.59. The molecule has 1 aromatic carbocycles. The maximum atomic E-state index is 12.3. The smallest absolute Gasteiger partial charge is 0.243 e. The maximum Gasteiger partial charge on any atom is 0.243 e. The second kappa shape index (κ2) is 4.87. The predicted molar refractivity (Wildman–Crippen MR) is 70.3 cm³/mol. The van der Waals surface area contributed by atoms with Gasteiger partial charge in [-0.15, -0.1) is 0 Å². The van der Waals surface area contributed by atoms with Gasteiger partial charge in [0.1, 0.15) is 0 Å². The van der Waals surface area contributed by atoms with Crippen molar-refractivity contribution >= 4 is 37.5 Å². The minimum atomic E-state index is -3.65. The van der Waals surface area contributed by atoms with Crippen LogP contribution in [0, 0.1) is 0 Å². The molecule has 98 valence electrons. The third kappa shape index (κ3) is 2.50. The number of nitrogen functional groups attached to an aromatic ring is 1. The van der Waals surface area contributed by atoms with Gasteiger partial charge in [-0.2, -0.15) is 4.31 Å². The lowest BCUT2D eigenvalue weighted by Crippen LogP contribution is -2.49. The van der Waals surface area contributed by atoms with E-state index >= 15 is 0 Å². The van der Waals surface area contributed by atoms with Gasteiger partial charge in [0.25, 0.3) is 0 Å². The number of carbonyl (C=O) groups excluding carboxylic acids is 1. The molecule has 1 aromatic rings. The Kier molecular flexibility index (Phi) is 3.60. The van der Waals surface area contributed by atoms with E-state index in [0.29, 0.717) is 16.7 Å². The molecule has 0 aromatic heterocycles. The Morgan fingerprint density at radius 2 is 2.11 bits per heavy atom. The zero-order valence-electron chi connectivity index (χ0n) is 9.39. The monoisotopic (exact) mass is 333 g/mol. The summed E-state index contributed by atoms with van der Waals surface area (Å²) in [5, 5.41) is 2.58. The topological polar surface area (TPSA) is 92.5 Å². The molecule has 1 amide bonds. The summed E-state index contributed by atoms with van der Waals surface area (Å²) in [7, 11) is -3.65. The van der Waals surface area contributed by atoms with E-state index in [1.807, 2.05) is 0 Å². The Morgan fingerprint density at radius 3 is 2.72 bits per heavy atom. The largest absolute Gasteiger partial charge is 0.398 e. The molecule has 0 saturated carbocycles. The molecule has 1 saturated heterocycles.